The Labute approximate surface area is 182 Å². The number of rotatable bonds is 4. The summed E-state index contributed by atoms with van der Waals surface area (Å²) in [6.45, 7) is 1.49. The van der Waals surface area contributed by atoms with Crippen molar-refractivity contribution in [2.45, 2.75) is 9.10 Å². The fourth-order valence-electron chi connectivity index (χ4n) is 3.13. The Morgan fingerprint density at radius 3 is 2.13 bits per heavy atom. The van der Waals surface area contributed by atoms with Crippen LogP contribution >= 0.6 is 22.9 Å². The molecule has 0 aliphatic carbocycles. The van der Waals surface area contributed by atoms with Gasteiger partial charge < -0.3 is 14.2 Å². The van der Waals surface area contributed by atoms with Gasteiger partial charge >= 0.3 is 0 Å². The van der Waals surface area contributed by atoms with Crippen LogP contribution in [-0.2, 0) is 9.84 Å². The first-order chi connectivity index (χ1) is 14.4. The standard InChI is InChI=1S/C20H17ClN2O5S2/c21-14-3-5-15(6-4-14)30(26,27)18-8-7-17(29-18)20(25)23-11-9-22(10-12-23)19(24)16-2-1-13-28-16/h1-8,13H,9-12H2. The minimum atomic E-state index is -3.72. The molecule has 0 atom stereocenters. The quantitative estimate of drug-likeness (QED) is 0.590. The first-order valence-corrected chi connectivity index (χ1v) is 11.8. The van der Waals surface area contributed by atoms with Gasteiger partial charge in [0.25, 0.3) is 11.8 Å². The van der Waals surface area contributed by atoms with E-state index >= 15 is 0 Å². The van der Waals surface area contributed by atoms with E-state index in [1.165, 1.54) is 42.7 Å². The molecule has 1 aliphatic heterocycles. The van der Waals surface area contributed by atoms with Crippen molar-refractivity contribution in [1.82, 2.24) is 9.80 Å². The molecule has 7 nitrogen and oxygen atoms in total. The number of hydrogen-bond acceptors (Lipinski definition) is 6. The Hall–Kier alpha value is -2.62. The summed E-state index contributed by atoms with van der Waals surface area (Å²) in [5.74, 6) is -0.188. The van der Waals surface area contributed by atoms with E-state index in [0.29, 0.717) is 36.1 Å². The van der Waals surface area contributed by atoms with Crippen LogP contribution in [0.1, 0.15) is 20.2 Å². The topological polar surface area (TPSA) is 87.9 Å². The molecule has 0 N–H and O–H groups in total. The van der Waals surface area contributed by atoms with E-state index in [2.05, 4.69) is 0 Å². The van der Waals surface area contributed by atoms with E-state index in [1.54, 1.807) is 21.9 Å². The zero-order chi connectivity index (χ0) is 21.3. The van der Waals surface area contributed by atoms with E-state index in [0.717, 1.165) is 11.3 Å². The van der Waals surface area contributed by atoms with Crippen LogP contribution in [0.3, 0.4) is 0 Å². The lowest BCUT2D eigenvalue weighted by atomic mass is 10.2. The first-order valence-electron chi connectivity index (χ1n) is 9.09. The summed E-state index contributed by atoms with van der Waals surface area (Å²) in [5.41, 5.74) is 0. The van der Waals surface area contributed by atoms with Gasteiger partial charge in [-0.1, -0.05) is 11.6 Å². The molecule has 3 aromatic rings. The van der Waals surface area contributed by atoms with E-state index < -0.39 is 9.84 Å². The molecule has 4 rings (SSSR count). The highest BCUT2D eigenvalue weighted by Gasteiger charge is 2.28. The molecule has 1 aliphatic rings. The van der Waals surface area contributed by atoms with Crippen molar-refractivity contribution in [3.05, 3.63) is 70.5 Å². The summed E-state index contributed by atoms with van der Waals surface area (Å²) in [6.07, 6.45) is 1.44. The second kappa shape index (κ2) is 8.25. The van der Waals surface area contributed by atoms with Crippen LogP contribution in [-0.4, -0.2) is 56.2 Å². The fraction of sp³-hybridized carbons (Fsp3) is 0.200. The molecule has 0 saturated carbocycles. The Balaban J connectivity index is 1.43. The third-order valence-electron chi connectivity index (χ3n) is 4.77. The maximum atomic E-state index is 12.8. The van der Waals surface area contributed by atoms with Crippen molar-refractivity contribution < 1.29 is 22.4 Å². The van der Waals surface area contributed by atoms with Gasteiger partial charge in [0.2, 0.25) is 9.84 Å². The minimum Gasteiger partial charge on any atom is -0.459 e. The predicted molar refractivity (Wildman–Crippen MR) is 112 cm³/mol. The lowest BCUT2D eigenvalue weighted by molar-refractivity contribution is 0.0520. The summed E-state index contributed by atoms with van der Waals surface area (Å²) < 4.78 is 30.8. The number of halogens is 1. The van der Waals surface area contributed by atoms with Gasteiger partial charge in [0.1, 0.15) is 4.21 Å². The van der Waals surface area contributed by atoms with Crippen molar-refractivity contribution in [3.63, 3.8) is 0 Å². The smallest absolute Gasteiger partial charge is 0.289 e. The number of thiophene rings is 1. The van der Waals surface area contributed by atoms with Gasteiger partial charge in [0, 0.05) is 31.2 Å². The third-order valence-corrected chi connectivity index (χ3v) is 8.35. The first kappa shape index (κ1) is 20.6. The van der Waals surface area contributed by atoms with Gasteiger partial charge in [-0.05, 0) is 48.5 Å². The van der Waals surface area contributed by atoms with Crippen LogP contribution in [0, 0.1) is 0 Å². The Morgan fingerprint density at radius 1 is 0.900 bits per heavy atom. The molecule has 1 saturated heterocycles. The zero-order valence-corrected chi connectivity index (χ0v) is 18.0. The highest BCUT2D eigenvalue weighted by atomic mass is 35.5. The molecule has 1 fully saturated rings. The highest BCUT2D eigenvalue weighted by Crippen LogP contribution is 2.29. The average Bonchev–Trinajstić information content (AvgIpc) is 3.46. The third kappa shape index (κ3) is 4.00. The lowest BCUT2D eigenvalue weighted by Gasteiger charge is -2.34. The van der Waals surface area contributed by atoms with Crippen LogP contribution < -0.4 is 0 Å². The van der Waals surface area contributed by atoms with Crippen LogP contribution in [0.5, 0.6) is 0 Å². The van der Waals surface area contributed by atoms with E-state index in [1.807, 2.05) is 0 Å². The molecule has 0 unspecified atom stereocenters. The summed E-state index contributed by atoms with van der Waals surface area (Å²) in [7, 11) is -3.72. The number of furan rings is 1. The van der Waals surface area contributed by atoms with E-state index in [9.17, 15) is 18.0 Å². The number of hydrogen-bond donors (Lipinski definition) is 0. The summed E-state index contributed by atoms with van der Waals surface area (Å²) >= 11 is 6.76. The van der Waals surface area contributed by atoms with Crippen molar-refractivity contribution in [2.75, 3.05) is 26.2 Å². The summed E-state index contributed by atoms with van der Waals surface area (Å²) in [5, 5.41) is 0.445. The molecule has 30 heavy (non-hydrogen) atoms. The maximum absolute atomic E-state index is 12.8. The van der Waals surface area contributed by atoms with Crippen molar-refractivity contribution in [3.8, 4) is 0 Å². The predicted octanol–water partition coefficient (Wildman–Crippen LogP) is 3.43. The molecule has 1 aromatic carbocycles. The number of piperazine rings is 1. The normalized spacial score (nSPS) is 14.7. The highest BCUT2D eigenvalue weighted by molar-refractivity contribution is 7.93. The van der Waals surface area contributed by atoms with Gasteiger partial charge in [-0.3, -0.25) is 9.59 Å². The van der Waals surface area contributed by atoms with Crippen LogP contribution in [0.25, 0.3) is 0 Å². The summed E-state index contributed by atoms with van der Waals surface area (Å²) in [6, 6.07) is 12.1. The van der Waals surface area contributed by atoms with Gasteiger partial charge in [0.15, 0.2) is 5.76 Å². The number of carbonyl (C=O) groups excluding carboxylic acids is 2. The SMILES string of the molecule is O=C(c1ccco1)N1CCN(C(=O)c2ccc(S(=O)(=O)c3ccc(Cl)cc3)s2)CC1. The molecule has 0 bridgehead atoms. The summed E-state index contributed by atoms with van der Waals surface area (Å²) in [4.78, 5) is 28.9. The molecule has 0 radical (unpaired) electrons. The van der Waals surface area contributed by atoms with Gasteiger partial charge in [-0.15, -0.1) is 11.3 Å². The van der Waals surface area contributed by atoms with Crippen molar-refractivity contribution in [1.29, 1.82) is 0 Å². The Kier molecular flexibility index (Phi) is 5.68. The number of amides is 2. The largest absolute Gasteiger partial charge is 0.459 e. The molecule has 2 aromatic heterocycles. The zero-order valence-electron chi connectivity index (χ0n) is 15.7. The van der Waals surface area contributed by atoms with Gasteiger partial charge in [-0.25, -0.2) is 8.42 Å². The van der Waals surface area contributed by atoms with Crippen LogP contribution in [0.4, 0.5) is 0 Å². The number of nitrogens with zero attached hydrogens (tertiary/aromatic N) is 2. The molecule has 0 spiro atoms. The van der Waals surface area contributed by atoms with Gasteiger partial charge in [0.05, 0.1) is 16.0 Å². The molecule has 3 heterocycles. The molecular weight excluding hydrogens is 448 g/mol. The Bertz CT molecular complexity index is 1160. The van der Waals surface area contributed by atoms with E-state index in [4.69, 9.17) is 16.0 Å². The maximum Gasteiger partial charge on any atom is 0.289 e. The molecule has 2 amide bonds. The number of sulfone groups is 1. The Morgan fingerprint density at radius 2 is 1.53 bits per heavy atom. The molecule has 156 valence electrons. The fourth-order valence-corrected chi connectivity index (χ4v) is 5.94. The van der Waals surface area contributed by atoms with Crippen molar-refractivity contribution in [2.24, 2.45) is 0 Å². The average molecular weight is 465 g/mol. The molecule has 10 heteroatoms. The lowest BCUT2D eigenvalue weighted by Crippen LogP contribution is -2.50. The second-order valence-corrected chi connectivity index (χ2v) is 10.3. The molecular formula is C20H17ClN2O5S2. The van der Waals surface area contributed by atoms with Crippen LogP contribution in [0.2, 0.25) is 5.02 Å². The van der Waals surface area contributed by atoms with Crippen molar-refractivity contribution >= 4 is 44.6 Å². The monoisotopic (exact) mass is 464 g/mol. The minimum absolute atomic E-state index is 0.0970. The van der Waals surface area contributed by atoms with Crippen LogP contribution in [0.15, 0.2) is 68.3 Å². The number of benzene rings is 1. The number of carbonyl (C=O) groups is 2. The second-order valence-electron chi connectivity index (χ2n) is 6.64. The van der Waals surface area contributed by atoms with E-state index in [-0.39, 0.29) is 26.7 Å². The van der Waals surface area contributed by atoms with Gasteiger partial charge in [-0.2, -0.15) is 0 Å².